The second-order valence-corrected chi connectivity index (χ2v) is 10.5. The fourth-order valence-electron chi connectivity index (χ4n) is 3.61. The number of unbranched alkanes of at least 4 members (excludes halogenated alkanes) is 3. The average molecular weight is 560 g/mol. The summed E-state index contributed by atoms with van der Waals surface area (Å²) in [4.78, 5) is 20.4. The van der Waals surface area contributed by atoms with E-state index in [9.17, 15) is 4.79 Å². The number of hydrogen-bond acceptors (Lipinski definition) is 4. The summed E-state index contributed by atoms with van der Waals surface area (Å²) >= 11 is 19.7. The Hall–Kier alpha value is -2.44. The number of aliphatic imine (C=N–C) groups is 1. The number of carbonyl (C=O) groups excluding carboxylic acids is 1. The molecule has 186 valence electrons. The minimum atomic E-state index is -0.191. The summed E-state index contributed by atoms with van der Waals surface area (Å²) in [6.45, 7) is 2.79. The van der Waals surface area contributed by atoms with Crippen molar-refractivity contribution in [3.63, 3.8) is 0 Å². The van der Waals surface area contributed by atoms with Gasteiger partial charge in [-0.05, 0) is 91.0 Å². The summed E-state index contributed by atoms with van der Waals surface area (Å²) in [6.07, 6.45) is 6.26. The molecule has 36 heavy (non-hydrogen) atoms. The van der Waals surface area contributed by atoms with Gasteiger partial charge in [0, 0.05) is 20.6 Å². The van der Waals surface area contributed by atoms with Gasteiger partial charge in [0.2, 0.25) is 0 Å². The molecular formula is C28H25Cl3N2O2S. The van der Waals surface area contributed by atoms with Gasteiger partial charge in [0.1, 0.15) is 5.75 Å². The van der Waals surface area contributed by atoms with Gasteiger partial charge < -0.3 is 4.74 Å². The maximum absolute atomic E-state index is 13.6. The monoisotopic (exact) mass is 558 g/mol. The van der Waals surface area contributed by atoms with Gasteiger partial charge in [-0.3, -0.25) is 9.69 Å². The van der Waals surface area contributed by atoms with E-state index in [0.717, 1.165) is 18.4 Å². The molecule has 1 aliphatic rings. The molecular weight excluding hydrogens is 535 g/mol. The molecule has 0 radical (unpaired) electrons. The first kappa shape index (κ1) is 26.6. The van der Waals surface area contributed by atoms with Crippen molar-refractivity contribution < 1.29 is 9.53 Å². The molecule has 0 unspecified atom stereocenters. The molecule has 1 amide bonds. The van der Waals surface area contributed by atoms with Gasteiger partial charge in [-0.2, -0.15) is 0 Å². The molecule has 1 heterocycles. The number of nitrogens with zero attached hydrogens (tertiary/aromatic N) is 2. The Bertz CT molecular complexity index is 1270. The van der Waals surface area contributed by atoms with Gasteiger partial charge in [0.25, 0.3) is 5.91 Å². The maximum Gasteiger partial charge on any atom is 0.271 e. The van der Waals surface area contributed by atoms with Crippen LogP contribution in [-0.4, -0.2) is 17.7 Å². The van der Waals surface area contributed by atoms with E-state index < -0.39 is 0 Å². The van der Waals surface area contributed by atoms with Crippen molar-refractivity contribution >= 4 is 75.1 Å². The fourth-order valence-corrected chi connectivity index (χ4v) is 5.03. The van der Waals surface area contributed by atoms with Crippen LogP contribution in [-0.2, 0) is 4.79 Å². The zero-order chi connectivity index (χ0) is 25.5. The molecule has 8 heteroatoms. The lowest BCUT2D eigenvalue weighted by Gasteiger charge is -2.15. The third kappa shape index (κ3) is 6.86. The number of anilines is 1. The predicted octanol–water partition coefficient (Wildman–Crippen LogP) is 9.41. The first-order valence-electron chi connectivity index (χ1n) is 11.7. The first-order valence-corrected chi connectivity index (χ1v) is 13.7. The van der Waals surface area contributed by atoms with Crippen molar-refractivity contribution in [3.05, 3.63) is 92.3 Å². The molecule has 3 aromatic carbocycles. The lowest BCUT2D eigenvalue weighted by molar-refractivity contribution is -0.113. The lowest BCUT2D eigenvalue weighted by atomic mass is 10.1. The summed E-state index contributed by atoms with van der Waals surface area (Å²) in [6, 6.07) is 19.7. The zero-order valence-electron chi connectivity index (χ0n) is 19.7. The molecule has 0 saturated carbocycles. The minimum absolute atomic E-state index is 0.191. The highest BCUT2D eigenvalue weighted by Crippen LogP contribution is 2.39. The Morgan fingerprint density at radius 2 is 1.56 bits per heavy atom. The van der Waals surface area contributed by atoms with Crippen LogP contribution in [0.3, 0.4) is 0 Å². The Morgan fingerprint density at radius 1 is 0.889 bits per heavy atom. The summed E-state index contributed by atoms with van der Waals surface area (Å²) < 4.78 is 6.05. The zero-order valence-corrected chi connectivity index (χ0v) is 22.8. The van der Waals surface area contributed by atoms with Crippen molar-refractivity contribution in [2.24, 2.45) is 4.99 Å². The van der Waals surface area contributed by atoms with Crippen molar-refractivity contribution in [1.29, 1.82) is 0 Å². The van der Waals surface area contributed by atoms with E-state index in [-0.39, 0.29) is 5.91 Å². The second-order valence-electron chi connectivity index (χ2n) is 8.19. The SMILES string of the molecule is CCCCCCOc1ccc(Cl)cc1/C=C1/SC(=Nc2ccc(Cl)cc2)N(c2ccc(Cl)cc2)C1=O. The van der Waals surface area contributed by atoms with E-state index in [4.69, 9.17) is 44.5 Å². The molecule has 0 bridgehead atoms. The normalized spacial score (nSPS) is 15.8. The minimum Gasteiger partial charge on any atom is -0.493 e. The van der Waals surface area contributed by atoms with Gasteiger partial charge in [-0.15, -0.1) is 0 Å². The molecule has 3 aromatic rings. The topological polar surface area (TPSA) is 41.9 Å². The highest BCUT2D eigenvalue weighted by atomic mass is 35.5. The van der Waals surface area contributed by atoms with E-state index in [2.05, 4.69) is 6.92 Å². The first-order chi connectivity index (χ1) is 17.4. The molecule has 0 atom stereocenters. The van der Waals surface area contributed by atoms with Crippen LogP contribution in [0.2, 0.25) is 15.1 Å². The van der Waals surface area contributed by atoms with Gasteiger partial charge in [0.15, 0.2) is 5.17 Å². The highest BCUT2D eigenvalue weighted by Gasteiger charge is 2.35. The third-order valence-electron chi connectivity index (χ3n) is 5.46. The number of rotatable bonds is 9. The molecule has 1 fully saturated rings. The number of amides is 1. The molecule has 0 aromatic heterocycles. The molecule has 0 N–H and O–H groups in total. The van der Waals surface area contributed by atoms with Gasteiger partial charge >= 0.3 is 0 Å². The fraction of sp³-hybridized carbons (Fsp3) is 0.214. The number of benzene rings is 3. The largest absolute Gasteiger partial charge is 0.493 e. The maximum atomic E-state index is 13.6. The quantitative estimate of drug-likeness (QED) is 0.194. The van der Waals surface area contributed by atoms with Crippen molar-refractivity contribution in [3.8, 4) is 5.75 Å². The van der Waals surface area contributed by atoms with E-state index in [1.807, 2.05) is 30.3 Å². The Kier molecular flexibility index (Phi) is 9.38. The van der Waals surface area contributed by atoms with Crippen LogP contribution in [0.1, 0.15) is 38.2 Å². The van der Waals surface area contributed by atoms with Gasteiger partial charge in [-0.1, -0.05) is 61.0 Å². The molecule has 0 aliphatic carbocycles. The number of ether oxygens (including phenoxy) is 1. The molecule has 1 aliphatic heterocycles. The van der Waals surface area contributed by atoms with Crippen LogP contribution >= 0.6 is 46.6 Å². The third-order valence-corrected chi connectivity index (χ3v) is 7.16. The Labute approximate surface area is 230 Å². The van der Waals surface area contributed by atoms with Gasteiger partial charge in [0.05, 0.1) is 22.9 Å². The number of thioether (sulfide) groups is 1. The van der Waals surface area contributed by atoms with Crippen LogP contribution in [0.5, 0.6) is 5.75 Å². The number of carbonyl (C=O) groups is 1. The molecule has 4 rings (SSSR count). The van der Waals surface area contributed by atoms with Crippen LogP contribution in [0.15, 0.2) is 76.6 Å². The van der Waals surface area contributed by atoms with Crippen molar-refractivity contribution in [2.45, 2.75) is 32.6 Å². The van der Waals surface area contributed by atoms with Crippen molar-refractivity contribution in [2.75, 3.05) is 11.5 Å². The highest BCUT2D eigenvalue weighted by molar-refractivity contribution is 8.19. The van der Waals surface area contributed by atoms with Gasteiger partial charge in [-0.25, -0.2) is 4.99 Å². The lowest BCUT2D eigenvalue weighted by Crippen LogP contribution is -2.28. The number of hydrogen-bond donors (Lipinski definition) is 0. The van der Waals surface area contributed by atoms with Crippen molar-refractivity contribution in [1.82, 2.24) is 0 Å². The van der Waals surface area contributed by atoms with E-state index in [1.165, 1.54) is 24.6 Å². The average Bonchev–Trinajstić information content (AvgIpc) is 3.16. The van der Waals surface area contributed by atoms with E-state index in [0.29, 0.717) is 48.9 Å². The standard InChI is InChI=1S/C28H25Cl3N2O2S/c1-2-3-4-5-16-35-25-15-10-22(31)17-19(25)18-26-27(34)33(24-13-8-21(30)9-14-24)28(36-26)32-23-11-6-20(29)7-12-23/h6-15,17-18H,2-5,16H2,1H3/b26-18+,32-28?. The van der Waals surface area contributed by atoms with E-state index >= 15 is 0 Å². The summed E-state index contributed by atoms with van der Waals surface area (Å²) in [5, 5.41) is 2.30. The Morgan fingerprint density at radius 3 is 2.25 bits per heavy atom. The second kappa shape index (κ2) is 12.7. The van der Waals surface area contributed by atoms with Crippen LogP contribution in [0.25, 0.3) is 6.08 Å². The summed E-state index contributed by atoms with van der Waals surface area (Å²) in [5.41, 5.74) is 2.11. The Balaban J connectivity index is 1.67. The van der Waals surface area contributed by atoms with Crippen LogP contribution < -0.4 is 9.64 Å². The summed E-state index contributed by atoms with van der Waals surface area (Å²) in [5.74, 6) is 0.502. The summed E-state index contributed by atoms with van der Waals surface area (Å²) in [7, 11) is 0. The van der Waals surface area contributed by atoms with Crippen LogP contribution in [0.4, 0.5) is 11.4 Å². The molecule has 0 spiro atoms. The number of halogens is 3. The smallest absolute Gasteiger partial charge is 0.271 e. The number of amidine groups is 1. The molecule has 1 saturated heterocycles. The predicted molar refractivity (Wildman–Crippen MR) is 154 cm³/mol. The van der Waals surface area contributed by atoms with E-state index in [1.54, 1.807) is 47.4 Å². The molecule has 4 nitrogen and oxygen atoms in total. The van der Waals surface area contributed by atoms with Crippen LogP contribution in [0, 0.1) is 0 Å².